The fourth-order valence-electron chi connectivity index (χ4n) is 4.29. The van der Waals surface area contributed by atoms with Crippen molar-refractivity contribution in [2.45, 2.75) is 38.2 Å². The van der Waals surface area contributed by atoms with Gasteiger partial charge in [0.1, 0.15) is 0 Å². The topological polar surface area (TPSA) is 13.1 Å². The summed E-state index contributed by atoms with van der Waals surface area (Å²) < 4.78 is 6.06. The van der Waals surface area contributed by atoms with Crippen molar-refractivity contribution in [2.75, 3.05) is 0 Å². The van der Waals surface area contributed by atoms with E-state index in [4.69, 9.17) is 21.4 Å². The van der Waals surface area contributed by atoms with Gasteiger partial charge in [-0.05, 0) is 0 Å². The van der Waals surface area contributed by atoms with Gasteiger partial charge < -0.3 is 0 Å². The van der Waals surface area contributed by atoms with Crippen molar-refractivity contribution >= 4 is 28.7 Å². The van der Waals surface area contributed by atoms with Crippen LogP contribution in [0.1, 0.15) is 48.5 Å². The van der Waals surface area contributed by atoms with Crippen LogP contribution in [-0.4, -0.2) is 0 Å². The van der Waals surface area contributed by atoms with Crippen LogP contribution in [0.15, 0.2) is 40.8 Å². The standard InChI is InChI=1S/C24H23O.2ClH.Zr/c1-14-8-15(2)10-21(9-14)24-18(5)16(3)11-19-12-20(13-22(19)24)23-7-6-17(4)25-23;;;/h6-13H,1-5H3;2*1H;/q;;;+2/p-2. The average Bonchev–Trinajstić information content (AvgIpc) is 3.18. The predicted molar refractivity (Wildman–Crippen MR) is 117 cm³/mol. The Morgan fingerprint density at radius 3 is 2.14 bits per heavy atom. The van der Waals surface area contributed by atoms with Crippen LogP contribution >= 0.6 is 17.0 Å². The molecule has 1 nitrogen and oxygen atoms in total. The number of furan rings is 1. The molecule has 0 radical (unpaired) electrons. The van der Waals surface area contributed by atoms with E-state index in [0.29, 0.717) is 0 Å². The van der Waals surface area contributed by atoms with Crippen molar-refractivity contribution in [3.63, 3.8) is 0 Å². The van der Waals surface area contributed by atoms with E-state index in [-0.39, 0.29) is 3.63 Å². The Morgan fingerprint density at radius 1 is 0.893 bits per heavy atom. The fraction of sp³-hybridized carbons (Fsp3) is 0.250. The number of hydrogen-bond donors (Lipinski definition) is 0. The predicted octanol–water partition coefficient (Wildman–Crippen LogP) is 8.01. The zero-order chi connectivity index (χ0) is 20.2. The fourth-order valence-corrected chi connectivity index (χ4v) is 9.37. The maximum absolute atomic E-state index is 6.68. The van der Waals surface area contributed by atoms with Crippen molar-refractivity contribution in [2.24, 2.45) is 0 Å². The monoisotopic (exact) mass is 487 g/mol. The minimum absolute atomic E-state index is 0.0928. The first-order valence-electron chi connectivity index (χ1n) is 9.45. The van der Waals surface area contributed by atoms with Crippen LogP contribution in [0.5, 0.6) is 0 Å². The average molecular weight is 490 g/mol. The summed E-state index contributed by atoms with van der Waals surface area (Å²) in [6.45, 7) is 10.7. The van der Waals surface area contributed by atoms with Crippen molar-refractivity contribution in [3.05, 3.63) is 81.3 Å². The molecule has 0 bridgehead atoms. The van der Waals surface area contributed by atoms with Gasteiger partial charge in [0.2, 0.25) is 0 Å². The molecule has 4 heteroatoms. The Balaban J connectivity index is 2.01. The molecule has 1 aromatic heterocycles. The van der Waals surface area contributed by atoms with Gasteiger partial charge in [0.25, 0.3) is 0 Å². The Labute approximate surface area is 182 Å². The molecule has 1 aliphatic rings. The van der Waals surface area contributed by atoms with Crippen LogP contribution in [0.2, 0.25) is 0 Å². The van der Waals surface area contributed by atoms with Gasteiger partial charge in [0.05, 0.1) is 0 Å². The summed E-state index contributed by atoms with van der Waals surface area (Å²) >= 11 is -2.65. The quantitative estimate of drug-likeness (QED) is 0.363. The van der Waals surface area contributed by atoms with Gasteiger partial charge in [-0.2, -0.15) is 0 Å². The molecule has 1 aliphatic carbocycles. The summed E-state index contributed by atoms with van der Waals surface area (Å²) in [7, 11) is 13.4. The molecule has 1 heterocycles. The van der Waals surface area contributed by atoms with Gasteiger partial charge in [-0.3, -0.25) is 0 Å². The van der Waals surface area contributed by atoms with Crippen LogP contribution < -0.4 is 0 Å². The van der Waals surface area contributed by atoms with Crippen molar-refractivity contribution in [3.8, 4) is 11.1 Å². The molecule has 2 aromatic carbocycles. The Morgan fingerprint density at radius 2 is 1.57 bits per heavy atom. The number of benzene rings is 2. The Kier molecular flexibility index (Phi) is 5.51. The molecule has 0 spiro atoms. The molecule has 0 aliphatic heterocycles. The third kappa shape index (κ3) is 3.49. The molecule has 0 amide bonds. The Hall–Kier alpha value is -1.08. The third-order valence-electron chi connectivity index (χ3n) is 5.59. The van der Waals surface area contributed by atoms with Crippen molar-refractivity contribution in [1.82, 2.24) is 0 Å². The summed E-state index contributed by atoms with van der Waals surface area (Å²) in [6, 6.07) is 13.1. The molecule has 0 saturated heterocycles. The van der Waals surface area contributed by atoms with Crippen molar-refractivity contribution in [1.29, 1.82) is 0 Å². The van der Waals surface area contributed by atoms with Crippen LogP contribution in [-0.2, 0) is 19.4 Å². The summed E-state index contributed by atoms with van der Waals surface area (Å²) in [5.74, 6) is 1.79. The molecule has 4 rings (SSSR count). The SMILES string of the molecule is Cc1cc(C)cc(-c2c(C)c(C)cc3c2C=C(c2ccc(C)o2)[CH]3[Zr]([Cl])[Cl])c1. The van der Waals surface area contributed by atoms with Crippen LogP contribution in [0.3, 0.4) is 0 Å². The molecule has 1 unspecified atom stereocenters. The summed E-state index contributed by atoms with van der Waals surface area (Å²) in [5, 5.41) is 0. The first-order chi connectivity index (χ1) is 13.3. The first kappa shape index (κ1) is 20.2. The maximum atomic E-state index is 6.68. The van der Waals surface area contributed by atoms with Crippen molar-refractivity contribution < 1.29 is 23.8 Å². The third-order valence-corrected chi connectivity index (χ3v) is 10.8. The number of halogens is 2. The van der Waals surface area contributed by atoms with E-state index in [1.54, 1.807) is 0 Å². The van der Waals surface area contributed by atoms with E-state index in [2.05, 4.69) is 58.0 Å². The number of hydrogen-bond acceptors (Lipinski definition) is 1. The summed E-state index contributed by atoms with van der Waals surface area (Å²) in [6.07, 6.45) is 2.27. The molecule has 0 saturated carbocycles. The van der Waals surface area contributed by atoms with Crippen LogP contribution in [0, 0.1) is 34.6 Å². The molecular weight excluding hydrogens is 466 g/mol. The van der Waals surface area contributed by atoms with Crippen LogP contribution in [0.25, 0.3) is 22.8 Å². The van der Waals surface area contributed by atoms with Gasteiger partial charge >= 0.3 is 183 Å². The zero-order valence-corrected chi connectivity index (χ0v) is 20.8. The second kappa shape index (κ2) is 7.64. The molecule has 1 atom stereocenters. The van der Waals surface area contributed by atoms with Gasteiger partial charge in [0, 0.05) is 0 Å². The van der Waals surface area contributed by atoms with E-state index in [1.807, 2.05) is 19.1 Å². The first-order valence-corrected chi connectivity index (χ1v) is 17.2. The van der Waals surface area contributed by atoms with E-state index in [0.717, 1.165) is 17.1 Å². The van der Waals surface area contributed by atoms with E-state index in [9.17, 15) is 0 Å². The van der Waals surface area contributed by atoms with Gasteiger partial charge in [0.15, 0.2) is 0 Å². The van der Waals surface area contributed by atoms with E-state index >= 15 is 0 Å². The number of allylic oxidation sites excluding steroid dienone is 1. The summed E-state index contributed by atoms with van der Waals surface area (Å²) in [4.78, 5) is 0. The van der Waals surface area contributed by atoms with Gasteiger partial charge in [-0.25, -0.2) is 0 Å². The second-order valence-electron chi connectivity index (χ2n) is 7.81. The molecule has 0 fully saturated rings. The summed E-state index contributed by atoms with van der Waals surface area (Å²) in [5.41, 5.74) is 11.3. The molecule has 28 heavy (non-hydrogen) atoms. The van der Waals surface area contributed by atoms with E-state index < -0.39 is 19.4 Å². The number of fused-ring (bicyclic) bond motifs is 1. The molecule has 0 N–H and O–H groups in total. The van der Waals surface area contributed by atoms with Gasteiger partial charge in [-0.1, -0.05) is 0 Å². The molecular formula is C24H23Cl2OZr. The number of aryl methyl sites for hydroxylation is 4. The Bertz CT molecular complexity index is 1090. The zero-order valence-electron chi connectivity index (χ0n) is 16.8. The normalized spacial score (nSPS) is 15.5. The molecule has 3 aromatic rings. The van der Waals surface area contributed by atoms with Gasteiger partial charge in [-0.15, -0.1) is 0 Å². The van der Waals surface area contributed by atoms with E-state index in [1.165, 1.54) is 44.5 Å². The molecule has 143 valence electrons. The second-order valence-corrected chi connectivity index (χ2v) is 16.6. The number of rotatable bonds is 3. The minimum atomic E-state index is -2.65. The van der Waals surface area contributed by atoms with Crippen LogP contribution in [0.4, 0.5) is 0 Å².